The summed E-state index contributed by atoms with van der Waals surface area (Å²) >= 11 is 0. The molecule has 1 aromatic rings. The Kier molecular flexibility index (Phi) is 5.80. The first-order valence-electron chi connectivity index (χ1n) is 8.38. The SMILES string of the molecule is COc1ccnc(CC(=O)N2CCCC(CC(C)(C)C(N)=O)C2)c1. The second kappa shape index (κ2) is 7.64. The van der Waals surface area contributed by atoms with Gasteiger partial charge in [0, 0.05) is 30.8 Å². The third-order valence-corrected chi connectivity index (χ3v) is 4.69. The van der Waals surface area contributed by atoms with Crippen molar-refractivity contribution in [2.75, 3.05) is 20.2 Å². The summed E-state index contributed by atoms with van der Waals surface area (Å²) in [4.78, 5) is 30.2. The number of piperidine rings is 1. The lowest BCUT2D eigenvalue weighted by molar-refractivity contribution is -0.133. The molecular formula is C18H27N3O3. The lowest BCUT2D eigenvalue weighted by Gasteiger charge is -2.36. The number of amides is 2. The van der Waals surface area contributed by atoms with E-state index in [2.05, 4.69) is 4.98 Å². The zero-order valence-corrected chi connectivity index (χ0v) is 14.7. The number of nitrogens with zero attached hydrogens (tertiary/aromatic N) is 2. The fourth-order valence-electron chi connectivity index (χ4n) is 3.23. The van der Waals surface area contributed by atoms with Crippen LogP contribution in [-0.4, -0.2) is 41.9 Å². The number of methoxy groups -OCH3 is 1. The van der Waals surface area contributed by atoms with Crippen molar-refractivity contribution < 1.29 is 14.3 Å². The van der Waals surface area contributed by atoms with Gasteiger partial charge < -0.3 is 15.4 Å². The maximum atomic E-state index is 12.6. The van der Waals surface area contributed by atoms with Gasteiger partial charge in [-0.25, -0.2) is 0 Å². The van der Waals surface area contributed by atoms with E-state index in [0.717, 1.165) is 19.4 Å². The maximum absolute atomic E-state index is 12.6. The van der Waals surface area contributed by atoms with E-state index in [4.69, 9.17) is 10.5 Å². The number of hydrogen-bond acceptors (Lipinski definition) is 4. The standard InChI is InChI=1S/C18H27N3O3/c1-18(2,17(19)23)11-13-5-4-8-21(12-13)16(22)10-14-9-15(24-3)6-7-20-14/h6-7,9,13H,4-5,8,10-12H2,1-3H3,(H2,19,23). The predicted molar refractivity (Wildman–Crippen MR) is 91.4 cm³/mol. The summed E-state index contributed by atoms with van der Waals surface area (Å²) < 4.78 is 5.17. The van der Waals surface area contributed by atoms with Gasteiger partial charge in [-0.1, -0.05) is 13.8 Å². The summed E-state index contributed by atoms with van der Waals surface area (Å²) in [5.74, 6) is 0.792. The van der Waals surface area contributed by atoms with Gasteiger partial charge in [0.15, 0.2) is 0 Å². The normalized spacial score (nSPS) is 18.3. The predicted octanol–water partition coefficient (Wildman–Crippen LogP) is 1.77. The Bertz CT molecular complexity index is 601. The third-order valence-electron chi connectivity index (χ3n) is 4.69. The molecule has 2 amide bonds. The van der Waals surface area contributed by atoms with Crippen LogP contribution in [0, 0.1) is 11.3 Å². The van der Waals surface area contributed by atoms with Crippen molar-refractivity contribution in [2.24, 2.45) is 17.1 Å². The summed E-state index contributed by atoms with van der Waals surface area (Å²) in [6, 6.07) is 3.55. The number of nitrogens with two attached hydrogens (primary N) is 1. The molecule has 1 unspecified atom stereocenters. The summed E-state index contributed by atoms with van der Waals surface area (Å²) in [6.45, 7) is 5.18. The van der Waals surface area contributed by atoms with Crippen LogP contribution in [0.5, 0.6) is 5.75 Å². The van der Waals surface area contributed by atoms with Gasteiger partial charge in [0.2, 0.25) is 11.8 Å². The molecule has 1 aliphatic heterocycles. The van der Waals surface area contributed by atoms with Crippen LogP contribution in [0.1, 0.15) is 38.8 Å². The Morgan fingerprint density at radius 1 is 1.46 bits per heavy atom. The Labute approximate surface area is 143 Å². The molecular weight excluding hydrogens is 306 g/mol. The Hall–Kier alpha value is -2.11. The van der Waals surface area contributed by atoms with Crippen molar-refractivity contribution in [3.63, 3.8) is 0 Å². The maximum Gasteiger partial charge on any atom is 0.228 e. The number of hydrogen-bond donors (Lipinski definition) is 1. The molecule has 1 atom stereocenters. The fourth-order valence-corrected chi connectivity index (χ4v) is 3.23. The smallest absolute Gasteiger partial charge is 0.228 e. The zero-order chi connectivity index (χ0) is 17.7. The summed E-state index contributed by atoms with van der Waals surface area (Å²) in [5.41, 5.74) is 5.64. The second-order valence-electron chi connectivity index (χ2n) is 7.16. The molecule has 0 aliphatic carbocycles. The molecule has 1 fully saturated rings. The number of primary amides is 1. The van der Waals surface area contributed by atoms with E-state index in [1.54, 1.807) is 25.4 Å². The number of carbonyl (C=O) groups excluding carboxylic acids is 2. The average molecular weight is 333 g/mol. The van der Waals surface area contributed by atoms with E-state index in [9.17, 15) is 9.59 Å². The van der Waals surface area contributed by atoms with Crippen molar-refractivity contribution in [2.45, 2.75) is 39.5 Å². The molecule has 0 aromatic carbocycles. The monoisotopic (exact) mass is 333 g/mol. The first-order valence-corrected chi connectivity index (χ1v) is 8.38. The largest absolute Gasteiger partial charge is 0.497 e. The van der Waals surface area contributed by atoms with Gasteiger partial charge in [-0.3, -0.25) is 14.6 Å². The highest BCUT2D eigenvalue weighted by Gasteiger charge is 2.32. The van der Waals surface area contributed by atoms with E-state index in [1.807, 2.05) is 18.7 Å². The van der Waals surface area contributed by atoms with Crippen molar-refractivity contribution in [3.05, 3.63) is 24.0 Å². The number of pyridine rings is 1. The van der Waals surface area contributed by atoms with Crippen molar-refractivity contribution >= 4 is 11.8 Å². The van der Waals surface area contributed by atoms with Gasteiger partial charge >= 0.3 is 0 Å². The minimum absolute atomic E-state index is 0.0670. The molecule has 1 aromatic heterocycles. The first-order chi connectivity index (χ1) is 11.3. The molecule has 1 saturated heterocycles. The van der Waals surface area contributed by atoms with E-state index >= 15 is 0 Å². The van der Waals surface area contributed by atoms with Crippen LogP contribution in [0.15, 0.2) is 18.3 Å². The summed E-state index contributed by atoms with van der Waals surface area (Å²) in [5, 5.41) is 0. The second-order valence-corrected chi connectivity index (χ2v) is 7.16. The molecule has 0 spiro atoms. The number of aromatic nitrogens is 1. The third kappa shape index (κ3) is 4.69. The molecule has 132 valence electrons. The van der Waals surface area contributed by atoms with Crippen molar-refractivity contribution in [1.29, 1.82) is 0 Å². The van der Waals surface area contributed by atoms with Gasteiger partial charge in [0.25, 0.3) is 0 Å². The molecule has 2 rings (SSSR count). The number of likely N-dealkylation sites (tertiary alicyclic amines) is 1. The van der Waals surface area contributed by atoms with Crippen LogP contribution >= 0.6 is 0 Å². The Morgan fingerprint density at radius 2 is 2.21 bits per heavy atom. The van der Waals surface area contributed by atoms with Gasteiger partial charge in [0.1, 0.15) is 5.75 Å². The summed E-state index contributed by atoms with van der Waals surface area (Å²) in [7, 11) is 1.59. The van der Waals surface area contributed by atoms with Crippen LogP contribution in [0.3, 0.4) is 0 Å². The van der Waals surface area contributed by atoms with Crippen molar-refractivity contribution in [3.8, 4) is 5.75 Å². The molecule has 6 nitrogen and oxygen atoms in total. The molecule has 1 aliphatic rings. The van der Waals surface area contributed by atoms with Crippen LogP contribution in [0.2, 0.25) is 0 Å². The van der Waals surface area contributed by atoms with Gasteiger partial charge in [0.05, 0.1) is 19.2 Å². The summed E-state index contributed by atoms with van der Waals surface area (Å²) in [6.07, 6.45) is 4.61. The molecule has 6 heteroatoms. The van der Waals surface area contributed by atoms with Gasteiger partial charge in [-0.15, -0.1) is 0 Å². The van der Waals surface area contributed by atoms with E-state index < -0.39 is 5.41 Å². The van der Waals surface area contributed by atoms with Gasteiger partial charge in [-0.2, -0.15) is 0 Å². The zero-order valence-electron chi connectivity index (χ0n) is 14.7. The highest BCUT2D eigenvalue weighted by molar-refractivity contribution is 5.80. The molecule has 0 saturated carbocycles. The average Bonchev–Trinajstić information content (AvgIpc) is 2.54. The Morgan fingerprint density at radius 3 is 2.88 bits per heavy atom. The molecule has 24 heavy (non-hydrogen) atoms. The van der Waals surface area contributed by atoms with Crippen LogP contribution in [-0.2, 0) is 16.0 Å². The topological polar surface area (TPSA) is 85.5 Å². The quantitative estimate of drug-likeness (QED) is 0.860. The first kappa shape index (κ1) is 18.2. The lowest BCUT2D eigenvalue weighted by Crippen LogP contribution is -2.43. The van der Waals surface area contributed by atoms with E-state index in [-0.39, 0.29) is 18.2 Å². The minimum atomic E-state index is -0.537. The van der Waals surface area contributed by atoms with E-state index in [0.29, 0.717) is 30.3 Å². The number of carbonyl (C=O) groups is 2. The molecule has 0 bridgehead atoms. The fraction of sp³-hybridized carbons (Fsp3) is 0.611. The Balaban J connectivity index is 1.96. The minimum Gasteiger partial charge on any atom is -0.497 e. The van der Waals surface area contributed by atoms with Crippen molar-refractivity contribution in [1.82, 2.24) is 9.88 Å². The number of rotatable bonds is 6. The highest BCUT2D eigenvalue weighted by Crippen LogP contribution is 2.30. The highest BCUT2D eigenvalue weighted by atomic mass is 16.5. The lowest BCUT2D eigenvalue weighted by atomic mass is 9.79. The molecule has 2 heterocycles. The van der Waals surface area contributed by atoms with Crippen LogP contribution in [0.4, 0.5) is 0 Å². The van der Waals surface area contributed by atoms with Crippen LogP contribution in [0.25, 0.3) is 0 Å². The molecule has 2 N–H and O–H groups in total. The molecule has 0 radical (unpaired) electrons. The van der Waals surface area contributed by atoms with E-state index in [1.165, 1.54) is 0 Å². The van der Waals surface area contributed by atoms with Crippen LogP contribution < -0.4 is 10.5 Å². The van der Waals surface area contributed by atoms with Gasteiger partial charge in [-0.05, 0) is 31.2 Å². The number of ether oxygens (including phenoxy) is 1.